The minimum absolute atomic E-state index is 0.486. The van der Waals surface area contributed by atoms with Crippen LogP contribution in [0, 0.1) is 0 Å². The smallest absolute Gasteiger partial charge is 0.0850 e. The molecule has 1 aliphatic heterocycles. The fraction of sp³-hybridized carbons (Fsp3) is 1.00. The molecule has 1 heterocycles. The third-order valence-corrected chi connectivity index (χ3v) is 2.00. The summed E-state index contributed by atoms with van der Waals surface area (Å²) in [6.07, 6.45) is 0.486. The summed E-state index contributed by atoms with van der Waals surface area (Å²) in [5.41, 5.74) is 0. The van der Waals surface area contributed by atoms with Crippen molar-refractivity contribution in [3.05, 3.63) is 0 Å². The molecule has 48 valence electrons. The maximum atomic E-state index is 5.13. The zero-order valence-electron chi connectivity index (χ0n) is 5.72. The lowest BCUT2D eigenvalue weighted by atomic mass is 10.0. The van der Waals surface area contributed by atoms with Crippen molar-refractivity contribution in [3.8, 4) is 0 Å². The Bertz CT molecular complexity index is 84.6. The van der Waals surface area contributed by atoms with E-state index >= 15 is 0 Å². The van der Waals surface area contributed by atoms with Crippen LogP contribution in [0.15, 0.2) is 0 Å². The summed E-state index contributed by atoms with van der Waals surface area (Å²) in [5.74, 6) is 0. The maximum absolute atomic E-state index is 5.13. The second kappa shape index (κ2) is 2.03. The highest BCUT2D eigenvalue weighted by Crippen LogP contribution is 2.16. The van der Waals surface area contributed by atoms with Gasteiger partial charge in [-0.05, 0) is 14.0 Å². The van der Waals surface area contributed by atoms with E-state index in [0.717, 1.165) is 6.54 Å². The number of rotatable bonds is 1. The standard InChI is InChI=1S/C6H13NO/c1-5-6(8-3)4-7(5)2/h5-6H,4H2,1-3H3/t5-,6-/m1/s1. The third kappa shape index (κ3) is 0.740. The van der Waals surface area contributed by atoms with Gasteiger partial charge < -0.3 is 4.74 Å². The minimum Gasteiger partial charge on any atom is -0.379 e. The topological polar surface area (TPSA) is 12.5 Å². The lowest BCUT2D eigenvalue weighted by molar-refractivity contribution is -0.0627. The van der Waals surface area contributed by atoms with Crippen molar-refractivity contribution in [2.24, 2.45) is 0 Å². The Hall–Kier alpha value is -0.0800. The molecule has 0 unspecified atom stereocenters. The van der Waals surface area contributed by atoms with E-state index in [2.05, 4.69) is 18.9 Å². The molecule has 0 spiro atoms. The number of likely N-dealkylation sites (tertiary alicyclic amines) is 1. The van der Waals surface area contributed by atoms with E-state index in [-0.39, 0.29) is 0 Å². The molecule has 0 N–H and O–H groups in total. The summed E-state index contributed by atoms with van der Waals surface area (Å²) in [6.45, 7) is 3.27. The Morgan fingerprint density at radius 2 is 2.25 bits per heavy atom. The SMILES string of the molecule is CO[C@@H]1CN(C)[C@@H]1C. The first-order valence-corrected chi connectivity index (χ1v) is 2.98. The molecule has 0 saturated carbocycles. The van der Waals surface area contributed by atoms with Crippen molar-refractivity contribution in [1.82, 2.24) is 4.90 Å². The molecule has 1 rings (SSSR count). The Labute approximate surface area is 50.4 Å². The van der Waals surface area contributed by atoms with Crippen molar-refractivity contribution in [3.63, 3.8) is 0 Å². The number of likely N-dealkylation sites (N-methyl/N-ethyl adjacent to an activating group) is 1. The van der Waals surface area contributed by atoms with Crippen molar-refractivity contribution < 1.29 is 4.74 Å². The van der Waals surface area contributed by atoms with Crippen LogP contribution in [-0.2, 0) is 4.74 Å². The summed E-state index contributed by atoms with van der Waals surface area (Å²) in [4.78, 5) is 2.27. The normalized spacial score (nSPS) is 39.4. The molecular weight excluding hydrogens is 102 g/mol. The summed E-state index contributed by atoms with van der Waals surface area (Å²) >= 11 is 0. The van der Waals surface area contributed by atoms with Gasteiger partial charge in [0.25, 0.3) is 0 Å². The van der Waals surface area contributed by atoms with Gasteiger partial charge in [-0.25, -0.2) is 0 Å². The quantitative estimate of drug-likeness (QED) is 0.488. The second-order valence-electron chi connectivity index (χ2n) is 2.45. The molecule has 2 heteroatoms. The van der Waals surface area contributed by atoms with E-state index in [1.54, 1.807) is 7.11 Å². The van der Waals surface area contributed by atoms with Crippen LogP contribution in [-0.4, -0.2) is 37.7 Å². The van der Waals surface area contributed by atoms with E-state index < -0.39 is 0 Å². The number of nitrogens with zero attached hydrogens (tertiary/aromatic N) is 1. The van der Waals surface area contributed by atoms with Gasteiger partial charge in [-0.15, -0.1) is 0 Å². The summed E-state index contributed by atoms with van der Waals surface area (Å²) in [6, 6.07) is 0.625. The highest BCUT2D eigenvalue weighted by Gasteiger charge is 2.31. The molecule has 1 aliphatic rings. The molecule has 0 radical (unpaired) electrons. The largest absolute Gasteiger partial charge is 0.379 e. The molecular formula is C6H13NO. The summed E-state index contributed by atoms with van der Waals surface area (Å²) < 4.78 is 5.13. The summed E-state index contributed by atoms with van der Waals surface area (Å²) in [5, 5.41) is 0. The maximum Gasteiger partial charge on any atom is 0.0850 e. The van der Waals surface area contributed by atoms with Crippen LogP contribution in [0.1, 0.15) is 6.92 Å². The first-order chi connectivity index (χ1) is 3.75. The molecule has 0 bridgehead atoms. The van der Waals surface area contributed by atoms with E-state index in [1.165, 1.54) is 0 Å². The fourth-order valence-corrected chi connectivity index (χ4v) is 1.02. The molecule has 0 aromatic carbocycles. The van der Waals surface area contributed by atoms with E-state index in [1.807, 2.05) is 0 Å². The molecule has 1 fully saturated rings. The second-order valence-corrected chi connectivity index (χ2v) is 2.45. The zero-order valence-corrected chi connectivity index (χ0v) is 5.72. The molecule has 2 nitrogen and oxygen atoms in total. The number of hydrogen-bond donors (Lipinski definition) is 0. The lowest BCUT2D eigenvalue weighted by Crippen LogP contribution is -2.56. The molecule has 0 amide bonds. The number of hydrogen-bond acceptors (Lipinski definition) is 2. The van der Waals surface area contributed by atoms with Gasteiger partial charge in [0.05, 0.1) is 6.10 Å². The Morgan fingerprint density at radius 1 is 1.62 bits per heavy atom. The molecule has 0 aliphatic carbocycles. The molecule has 8 heavy (non-hydrogen) atoms. The van der Waals surface area contributed by atoms with Gasteiger partial charge in [0.15, 0.2) is 0 Å². The van der Waals surface area contributed by atoms with Crippen molar-refractivity contribution in [2.75, 3.05) is 20.7 Å². The highest BCUT2D eigenvalue weighted by atomic mass is 16.5. The predicted molar refractivity (Wildman–Crippen MR) is 32.9 cm³/mol. The third-order valence-electron chi connectivity index (χ3n) is 2.00. The van der Waals surface area contributed by atoms with Gasteiger partial charge in [0, 0.05) is 19.7 Å². The van der Waals surface area contributed by atoms with Crippen molar-refractivity contribution >= 4 is 0 Å². The number of methoxy groups -OCH3 is 1. The monoisotopic (exact) mass is 115 g/mol. The van der Waals surface area contributed by atoms with Gasteiger partial charge in [-0.3, -0.25) is 4.90 Å². The van der Waals surface area contributed by atoms with Crippen LogP contribution in [0.4, 0.5) is 0 Å². The van der Waals surface area contributed by atoms with Gasteiger partial charge in [-0.1, -0.05) is 0 Å². The first kappa shape index (κ1) is 6.05. The average Bonchev–Trinajstić information content (AvgIpc) is 1.81. The Kier molecular flexibility index (Phi) is 1.54. The van der Waals surface area contributed by atoms with Gasteiger partial charge >= 0.3 is 0 Å². The number of ether oxygens (including phenoxy) is 1. The van der Waals surface area contributed by atoms with Gasteiger partial charge in [-0.2, -0.15) is 0 Å². The van der Waals surface area contributed by atoms with Crippen LogP contribution in [0.2, 0.25) is 0 Å². The summed E-state index contributed by atoms with van der Waals surface area (Å²) in [7, 11) is 3.88. The zero-order chi connectivity index (χ0) is 6.15. The van der Waals surface area contributed by atoms with Gasteiger partial charge in [0.2, 0.25) is 0 Å². The highest BCUT2D eigenvalue weighted by molar-refractivity contribution is 4.86. The van der Waals surface area contributed by atoms with Gasteiger partial charge in [0.1, 0.15) is 0 Å². The Balaban J connectivity index is 2.25. The Morgan fingerprint density at radius 3 is 2.38 bits per heavy atom. The van der Waals surface area contributed by atoms with Crippen molar-refractivity contribution in [2.45, 2.75) is 19.1 Å². The average molecular weight is 115 g/mol. The first-order valence-electron chi connectivity index (χ1n) is 2.98. The van der Waals surface area contributed by atoms with E-state index in [9.17, 15) is 0 Å². The minimum atomic E-state index is 0.486. The predicted octanol–water partition coefficient (Wildman–Crippen LogP) is 0.335. The molecule has 0 aromatic heterocycles. The van der Waals surface area contributed by atoms with E-state index in [0.29, 0.717) is 12.1 Å². The van der Waals surface area contributed by atoms with Crippen molar-refractivity contribution in [1.29, 1.82) is 0 Å². The fourth-order valence-electron chi connectivity index (χ4n) is 1.02. The van der Waals surface area contributed by atoms with Crippen LogP contribution in [0.3, 0.4) is 0 Å². The molecule has 0 aromatic rings. The lowest BCUT2D eigenvalue weighted by Gasteiger charge is -2.42. The van der Waals surface area contributed by atoms with Crippen LogP contribution >= 0.6 is 0 Å². The van der Waals surface area contributed by atoms with Crippen LogP contribution < -0.4 is 0 Å². The van der Waals surface area contributed by atoms with Crippen LogP contribution in [0.5, 0.6) is 0 Å². The molecule has 1 saturated heterocycles. The molecule has 2 atom stereocenters. The van der Waals surface area contributed by atoms with Crippen LogP contribution in [0.25, 0.3) is 0 Å². The van der Waals surface area contributed by atoms with E-state index in [4.69, 9.17) is 4.74 Å².